The summed E-state index contributed by atoms with van der Waals surface area (Å²) in [6.45, 7) is 1.13. The highest BCUT2D eigenvalue weighted by atomic mass is 32.2. The number of hydrogen-bond donors (Lipinski definition) is 0. The van der Waals surface area contributed by atoms with Crippen LogP contribution in [0.3, 0.4) is 0 Å². The Hall–Kier alpha value is -2.72. The van der Waals surface area contributed by atoms with Gasteiger partial charge in [-0.15, -0.1) is 11.3 Å². The molecular formula is C23H24F2N2O4S2. The van der Waals surface area contributed by atoms with E-state index in [0.29, 0.717) is 49.4 Å². The Balaban J connectivity index is 1.41. The average molecular weight is 495 g/mol. The Morgan fingerprint density at radius 3 is 2.42 bits per heavy atom. The van der Waals surface area contributed by atoms with E-state index < -0.39 is 26.7 Å². The van der Waals surface area contributed by atoms with Crippen molar-refractivity contribution in [1.82, 2.24) is 4.98 Å². The molecule has 0 atom stereocenters. The lowest BCUT2D eigenvalue weighted by molar-refractivity contribution is 0.354. The van der Waals surface area contributed by atoms with Gasteiger partial charge in [0.15, 0.2) is 38.1 Å². The summed E-state index contributed by atoms with van der Waals surface area (Å²) in [5.41, 5.74) is 1.41. The maximum Gasteiger partial charge on any atom is 0.185 e. The van der Waals surface area contributed by atoms with Gasteiger partial charge in [0.25, 0.3) is 0 Å². The zero-order valence-corrected chi connectivity index (χ0v) is 19.9. The minimum absolute atomic E-state index is 0.224. The Kier molecular flexibility index (Phi) is 6.85. The molecular weight excluding hydrogens is 470 g/mol. The highest BCUT2D eigenvalue weighted by Gasteiger charge is 2.32. The zero-order chi connectivity index (χ0) is 23.6. The first-order chi connectivity index (χ1) is 15.8. The van der Waals surface area contributed by atoms with E-state index >= 15 is 0 Å². The summed E-state index contributed by atoms with van der Waals surface area (Å²) in [7, 11) is -0.536. The molecule has 1 fully saturated rings. The van der Waals surface area contributed by atoms with Crippen LogP contribution in [0.5, 0.6) is 11.5 Å². The minimum atomic E-state index is -3.51. The summed E-state index contributed by atoms with van der Waals surface area (Å²) in [6.07, 6.45) is 1.36. The highest BCUT2D eigenvalue weighted by molar-refractivity contribution is 7.92. The van der Waals surface area contributed by atoms with Crippen molar-refractivity contribution in [3.63, 3.8) is 0 Å². The summed E-state index contributed by atoms with van der Waals surface area (Å²) in [6, 6.07) is 8.49. The van der Waals surface area contributed by atoms with E-state index in [4.69, 9.17) is 9.47 Å². The second-order valence-corrected chi connectivity index (χ2v) is 10.9. The fourth-order valence-corrected chi connectivity index (χ4v) is 6.55. The summed E-state index contributed by atoms with van der Waals surface area (Å²) in [4.78, 5) is 6.91. The lowest BCUT2D eigenvalue weighted by atomic mass is 10.1. The van der Waals surface area contributed by atoms with Crippen LogP contribution in [0, 0.1) is 11.6 Å². The van der Waals surface area contributed by atoms with Crippen LogP contribution in [0.25, 0.3) is 0 Å². The first-order valence-corrected chi connectivity index (χ1v) is 12.8. The van der Waals surface area contributed by atoms with Gasteiger partial charge >= 0.3 is 0 Å². The Bertz CT molecular complexity index is 1240. The van der Waals surface area contributed by atoms with Crippen molar-refractivity contribution in [3.8, 4) is 11.5 Å². The number of sulfone groups is 1. The van der Waals surface area contributed by atoms with Gasteiger partial charge in [0.2, 0.25) is 0 Å². The number of benzene rings is 2. The minimum Gasteiger partial charge on any atom is -0.493 e. The lowest BCUT2D eigenvalue weighted by Gasteiger charge is -2.31. The van der Waals surface area contributed by atoms with Gasteiger partial charge in [-0.05, 0) is 42.7 Å². The predicted octanol–water partition coefficient (Wildman–Crippen LogP) is 4.47. The second kappa shape index (κ2) is 9.64. The number of aromatic nitrogens is 1. The molecule has 2 aromatic carbocycles. The number of thiazole rings is 1. The van der Waals surface area contributed by atoms with Crippen molar-refractivity contribution in [3.05, 3.63) is 64.7 Å². The molecule has 0 unspecified atom stereocenters. The van der Waals surface area contributed by atoms with Crippen molar-refractivity contribution in [1.29, 1.82) is 0 Å². The third-order valence-electron chi connectivity index (χ3n) is 5.74. The van der Waals surface area contributed by atoms with Gasteiger partial charge in [-0.1, -0.05) is 6.07 Å². The molecule has 33 heavy (non-hydrogen) atoms. The number of piperidine rings is 1. The summed E-state index contributed by atoms with van der Waals surface area (Å²) >= 11 is 1.46. The van der Waals surface area contributed by atoms with E-state index in [2.05, 4.69) is 9.88 Å². The van der Waals surface area contributed by atoms with Gasteiger partial charge in [0, 0.05) is 31.0 Å². The molecule has 0 spiro atoms. The fraction of sp³-hybridized carbons (Fsp3) is 0.348. The predicted molar refractivity (Wildman–Crippen MR) is 123 cm³/mol. The van der Waals surface area contributed by atoms with Gasteiger partial charge in [-0.3, -0.25) is 0 Å². The number of methoxy groups -OCH3 is 2. The third-order valence-corrected chi connectivity index (χ3v) is 8.95. The van der Waals surface area contributed by atoms with Crippen LogP contribution in [0.2, 0.25) is 0 Å². The fourth-order valence-electron chi connectivity index (χ4n) is 3.92. The van der Waals surface area contributed by atoms with Crippen LogP contribution >= 0.6 is 11.3 Å². The molecule has 0 aliphatic carbocycles. The van der Waals surface area contributed by atoms with Crippen LogP contribution in [0.4, 0.5) is 13.9 Å². The standard InChI is InChI=1S/C23H24F2N2O4S2/c1-30-21-6-4-18(13-22(21)31-2)33(28,29)17-7-9-27(10-8-17)23-26-16(14-32-23)11-15-3-5-19(24)20(25)12-15/h3-6,12-14,17H,7-11H2,1-2H3. The van der Waals surface area contributed by atoms with Gasteiger partial charge in [-0.2, -0.15) is 0 Å². The molecule has 0 N–H and O–H groups in total. The van der Waals surface area contributed by atoms with Crippen LogP contribution < -0.4 is 14.4 Å². The van der Waals surface area contributed by atoms with E-state index in [9.17, 15) is 17.2 Å². The van der Waals surface area contributed by atoms with E-state index in [0.717, 1.165) is 16.9 Å². The molecule has 176 valence electrons. The number of rotatable bonds is 7. The number of nitrogens with zero attached hydrogens (tertiary/aromatic N) is 2. The van der Waals surface area contributed by atoms with E-state index in [1.807, 2.05) is 5.38 Å². The molecule has 4 rings (SSSR count). The smallest absolute Gasteiger partial charge is 0.185 e. The molecule has 1 aromatic heterocycles. The molecule has 6 nitrogen and oxygen atoms in total. The average Bonchev–Trinajstić information content (AvgIpc) is 3.29. The Morgan fingerprint density at radius 1 is 1.03 bits per heavy atom. The zero-order valence-electron chi connectivity index (χ0n) is 18.3. The SMILES string of the molecule is COc1ccc(S(=O)(=O)C2CCN(c3nc(Cc4ccc(F)c(F)c4)cs3)CC2)cc1OC. The molecule has 1 aliphatic heterocycles. The first kappa shape index (κ1) is 23.4. The normalized spacial score (nSPS) is 15.0. The second-order valence-electron chi connectivity index (χ2n) is 7.79. The van der Waals surface area contributed by atoms with E-state index in [-0.39, 0.29) is 4.90 Å². The van der Waals surface area contributed by atoms with Crippen LogP contribution in [-0.4, -0.2) is 46.0 Å². The summed E-state index contributed by atoms with van der Waals surface area (Å²) in [5.74, 6) is -0.883. The van der Waals surface area contributed by atoms with Gasteiger partial charge in [-0.25, -0.2) is 22.2 Å². The van der Waals surface area contributed by atoms with Gasteiger partial charge < -0.3 is 14.4 Å². The lowest BCUT2D eigenvalue weighted by Crippen LogP contribution is -2.39. The van der Waals surface area contributed by atoms with Crippen molar-refractivity contribution in [2.75, 3.05) is 32.2 Å². The Labute approximate surface area is 195 Å². The number of hydrogen-bond acceptors (Lipinski definition) is 7. The first-order valence-electron chi connectivity index (χ1n) is 10.4. The molecule has 3 aromatic rings. The maximum absolute atomic E-state index is 13.5. The summed E-state index contributed by atoms with van der Waals surface area (Å²) in [5, 5.41) is 2.20. The van der Waals surface area contributed by atoms with Crippen LogP contribution in [0.1, 0.15) is 24.1 Å². The topological polar surface area (TPSA) is 68.7 Å². The van der Waals surface area contributed by atoms with Crippen molar-refractivity contribution in [2.24, 2.45) is 0 Å². The molecule has 10 heteroatoms. The maximum atomic E-state index is 13.5. The number of halogens is 2. The highest BCUT2D eigenvalue weighted by Crippen LogP contribution is 2.34. The number of ether oxygens (including phenoxy) is 2. The number of anilines is 1. The van der Waals surface area contributed by atoms with Crippen molar-refractivity contribution in [2.45, 2.75) is 29.4 Å². The molecule has 0 saturated carbocycles. The monoisotopic (exact) mass is 494 g/mol. The van der Waals surface area contributed by atoms with Gasteiger partial charge in [0.05, 0.1) is 30.1 Å². The largest absolute Gasteiger partial charge is 0.493 e. The van der Waals surface area contributed by atoms with Crippen LogP contribution in [0.15, 0.2) is 46.7 Å². The van der Waals surface area contributed by atoms with Gasteiger partial charge in [0.1, 0.15) is 0 Å². The molecule has 0 bridgehead atoms. The third kappa shape index (κ3) is 4.96. The van der Waals surface area contributed by atoms with E-state index in [1.165, 1.54) is 37.7 Å². The van der Waals surface area contributed by atoms with Crippen molar-refractivity contribution < 1.29 is 26.7 Å². The van der Waals surface area contributed by atoms with Crippen molar-refractivity contribution >= 4 is 26.3 Å². The quantitative estimate of drug-likeness (QED) is 0.483. The Morgan fingerprint density at radius 2 is 1.76 bits per heavy atom. The van der Waals surface area contributed by atoms with Crippen LogP contribution in [-0.2, 0) is 16.3 Å². The molecule has 1 aliphatic rings. The molecule has 2 heterocycles. The summed E-state index contributed by atoms with van der Waals surface area (Å²) < 4.78 is 63.4. The molecule has 0 amide bonds. The van der Waals surface area contributed by atoms with E-state index in [1.54, 1.807) is 18.2 Å². The molecule has 0 radical (unpaired) electrons. The molecule has 1 saturated heterocycles.